The Morgan fingerprint density at radius 2 is 2.19 bits per heavy atom. The van der Waals surface area contributed by atoms with Gasteiger partial charge in [-0.1, -0.05) is 20.8 Å². The van der Waals surface area contributed by atoms with Crippen molar-refractivity contribution in [1.82, 2.24) is 4.98 Å². The van der Waals surface area contributed by atoms with E-state index in [2.05, 4.69) is 31.1 Å². The lowest BCUT2D eigenvalue weighted by Gasteiger charge is -2.13. The van der Waals surface area contributed by atoms with Gasteiger partial charge in [0.05, 0.1) is 23.4 Å². The van der Waals surface area contributed by atoms with E-state index in [4.69, 9.17) is 5.11 Å². The predicted octanol–water partition coefficient (Wildman–Crippen LogP) is 2.03. The van der Waals surface area contributed by atoms with E-state index in [-0.39, 0.29) is 12.0 Å². The van der Waals surface area contributed by atoms with Crippen molar-refractivity contribution in [3.05, 3.63) is 16.1 Å². The van der Waals surface area contributed by atoms with E-state index >= 15 is 0 Å². The van der Waals surface area contributed by atoms with Gasteiger partial charge in [0.2, 0.25) is 0 Å². The van der Waals surface area contributed by atoms with Crippen LogP contribution in [0.1, 0.15) is 31.5 Å². The van der Waals surface area contributed by atoms with Crippen LogP contribution >= 0.6 is 23.1 Å². The van der Waals surface area contributed by atoms with Crippen LogP contribution in [0.3, 0.4) is 0 Å². The monoisotopic (exact) mass is 261 g/mol. The fourth-order valence-corrected chi connectivity index (χ4v) is 2.94. The molecule has 0 fully saturated rings. The molecule has 1 rings (SSSR count). The molecule has 0 aliphatic carbocycles. The maximum Gasteiger partial charge on any atom is 0.0982 e. The minimum Gasteiger partial charge on any atom is -0.394 e. The van der Waals surface area contributed by atoms with Crippen LogP contribution < -0.4 is 0 Å². The summed E-state index contributed by atoms with van der Waals surface area (Å²) in [7, 11) is 0. The van der Waals surface area contributed by atoms with E-state index in [1.807, 2.05) is 0 Å². The third-order valence-corrected chi connectivity index (χ3v) is 4.40. The van der Waals surface area contributed by atoms with Gasteiger partial charge in [0.25, 0.3) is 0 Å². The van der Waals surface area contributed by atoms with Crippen molar-refractivity contribution < 1.29 is 10.2 Å². The first kappa shape index (κ1) is 14.0. The lowest BCUT2D eigenvalue weighted by Crippen LogP contribution is -2.14. The Morgan fingerprint density at radius 3 is 2.69 bits per heavy atom. The number of aliphatic hydroxyl groups excluding tert-OH is 2. The molecule has 0 bridgehead atoms. The van der Waals surface area contributed by atoms with Crippen LogP contribution in [-0.2, 0) is 11.2 Å². The van der Waals surface area contributed by atoms with Crippen LogP contribution in [-0.4, -0.2) is 33.7 Å². The molecule has 1 unspecified atom stereocenters. The Morgan fingerprint density at radius 1 is 1.50 bits per heavy atom. The number of hydrogen-bond acceptors (Lipinski definition) is 5. The van der Waals surface area contributed by atoms with E-state index in [9.17, 15) is 5.11 Å². The summed E-state index contributed by atoms with van der Waals surface area (Å²) in [6.45, 7) is 6.28. The first-order chi connectivity index (χ1) is 7.43. The lowest BCUT2D eigenvalue weighted by atomic mass is 9.98. The Labute approximate surface area is 105 Å². The molecule has 1 aromatic rings. The summed E-state index contributed by atoms with van der Waals surface area (Å²) in [5, 5.41) is 21.1. The lowest BCUT2D eigenvalue weighted by molar-refractivity contribution is 0.113. The SMILES string of the molecule is CC(C)(C)c1nc(CSCC(O)CO)cs1. The molecule has 16 heavy (non-hydrogen) atoms. The predicted molar refractivity (Wildman–Crippen MR) is 70.1 cm³/mol. The number of thiazole rings is 1. The Kier molecular flexibility index (Phi) is 5.24. The first-order valence-corrected chi connectivity index (χ1v) is 7.28. The molecule has 0 saturated carbocycles. The molecule has 0 aromatic carbocycles. The van der Waals surface area contributed by atoms with Crippen LogP contribution in [0.4, 0.5) is 0 Å². The standard InChI is InChI=1S/C11H19NO2S2/c1-11(2,3)10-12-8(6-16-10)5-15-7-9(14)4-13/h6,9,13-14H,4-5,7H2,1-3H3. The molecule has 0 saturated heterocycles. The zero-order valence-electron chi connectivity index (χ0n) is 9.93. The quantitative estimate of drug-likeness (QED) is 0.851. The molecule has 92 valence electrons. The highest BCUT2D eigenvalue weighted by molar-refractivity contribution is 7.98. The normalized spacial score (nSPS) is 14.1. The smallest absolute Gasteiger partial charge is 0.0982 e. The summed E-state index contributed by atoms with van der Waals surface area (Å²) in [6, 6.07) is 0. The molecular weight excluding hydrogens is 242 g/mol. The van der Waals surface area contributed by atoms with Gasteiger partial charge in [-0.2, -0.15) is 11.8 Å². The van der Waals surface area contributed by atoms with Gasteiger partial charge in [-0.15, -0.1) is 11.3 Å². The minimum absolute atomic E-state index is 0.109. The van der Waals surface area contributed by atoms with Crippen molar-refractivity contribution in [3.63, 3.8) is 0 Å². The summed E-state index contributed by atoms with van der Waals surface area (Å²) >= 11 is 3.28. The highest BCUT2D eigenvalue weighted by Gasteiger charge is 2.17. The van der Waals surface area contributed by atoms with Crippen molar-refractivity contribution in [3.8, 4) is 0 Å². The highest BCUT2D eigenvalue weighted by atomic mass is 32.2. The molecule has 1 atom stereocenters. The van der Waals surface area contributed by atoms with E-state index in [1.165, 1.54) is 0 Å². The van der Waals surface area contributed by atoms with E-state index in [1.54, 1.807) is 23.1 Å². The van der Waals surface area contributed by atoms with Crippen molar-refractivity contribution in [2.75, 3.05) is 12.4 Å². The van der Waals surface area contributed by atoms with Crippen LogP contribution in [0, 0.1) is 0 Å². The maximum absolute atomic E-state index is 9.18. The number of rotatable bonds is 5. The zero-order valence-corrected chi connectivity index (χ0v) is 11.6. The average molecular weight is 261 g/mol. The molecule has 0 radical (unpaired) electrons. The van der Waals surface area contributed by atoms with Gasteiger partial charge in [-0.25, -0.2) is 4.98 Å². The molecule has 3 nitrogen and oxygen atoms in total. The van der Waals surface area contributed by atoms with Gasteiger partial charge in [-0.3, -0.25) is 0 Å². The molecule has 2 N–H and O–H groups in total. The van der Waals surface area contributed by atoms with Gasteiger partial charge in [0.15, 0.2) is 0 Å². The van der Waals surface area contributed by atoms with Gasteiger partial charge >= 0.3 is 0 Å². The van der Waals surface area contributed by atoms with Crippen LogP contribution in [0.2, 0.25) is 0 Å². The third kappa shape index (κ3) is 4.41. The van der Waals surface area contributed by atoms with Crippen molar-refractivity contribution >= 4 is 23.1 Å². The molecule has 0 amide bonds. The van der Waals surface area contributed by atoms with Gasteiger partial charge in [0.1, 0.15) is 0 Å². The van der Waals surface area contributed by atoms with Crippen molar-refractivity contribution in [2.24, 2.45) is 0 Å². The highest BCUT2D eigenvalue weighted by Crippen LogP contribution is 2.26. The van der Waals surface area contributed by atoms with Gasteiger partial charge < -0.3 is 10.2 Å². The number of hydrogen-bond donors (Lipinski definition) is 2. The van der Waals surface area contributed by atoms with Crippen LogP contribution in [0.5, 0.6) is 0 Å². The Bertz CT molecular complexity index is 320. The third-order valence-electron chi connectivity index (χ3n) is 1.96. The minimum atomic E-state index is -0.620. The number of nitrogens with zero attached hydrogens (tertiary/aromatic N) is 1. The summed E-state index contributed by atoms with van der Waals surface area (Å²) in [4.78, 5) is 4.56. The fourth-order valence-electron chi connectivity index (χ4n) is 1.07. The maximum atomic E-state index is 9.18. The molecule has 1 heterocycles. The van der Waals surface area contributed by atoms with E-state index in [0.29, 0.717) is 5.75 Å². The molecule has 5 heteroatoms. The second-order valence-electron chi connectivity index (χ2n) is 4.75. The fraction of sp³-hybridized carbons (Fsp3) is 0.727. The zero-order chi connectivity index (χ0) is 12.2. The molecule has 0 aliphatic heterocycles. The van der Waals surface area contributed by atoms with E-state index < -0.39 is 6.10 Å². The second-order valence-corrected chi connectivity index (χ2v) is 6.63. The first-order valence-electron chi connectivity index (χ1n) is 5.25. The van der Waals surface area contributed by atoms with Gasteiger partial charge in [-0.05, 0) is 0 Å². The molecule has 0 spiro atoms. The number of aromatic nitrogens is 1. The van der Waals surface area contributed by atoms with Crippen LogP contribution in [0.15, 0.2) is 5.38 Å². The van der Waals surface area contributed by atoms with Crippen molar-refractivity contribution in [1.29, 1.82) is 0 Å². The Balaban J connectivity index is 2.41. The summed E-state index contributed by atoms with van der Waals surface area (Å²) in [5.41, 5.74) is 1.17. The van der Waals surface area contributed by atoms with E-state index in [0.717, 1.165) is 16.5 Å². The summed E-state index contributed by atoms with van der Waals surface area (Å²) < 4.78 is 0. The number of aliphatic hydroxyl groups is 2. The average Bonchev–Trinajstić information content (AvgIpc) is 2.65. The second kappa shape index (κ2) is 6.00. The largest absolute Gasteiger partial charge is 0.394 e. The molecule has 0 aliphatic rings. The van der Waals surface area contributed by atoms with Gasteiger partial charge in [0, 0.05) is 22.3 Å². The number of thioether (sulfide) groups is 1. The van der Waals surface area contributed by atoms with Crippen LogP contribution in [0.25, 0.3) is 0 Å². The summed E-state index contributed by atoms with van der Waals surface area (Å²) in [5.74, 6) is 1.35. The molecular formula is C11H19NO2S2. The topological polar surface area (TPSA) is 53.4 Å². The summed E-state index contributed by atoms with van der Waals surface area (Å²) in [6.07, 6.45) is -0.620. The Hall–Kier alpha value is -0.100. The molecule has 1 aromatic heterocycles. The van der Waals surface area contributed by atoms with Crippen molar-refractivity contribution in [2.45, 2.75) is 38.0 Å².